The van der Waals surface area contributed by atoms with E-state index in [0.29, 0.717) is 11.7 Å². The summed E-state index contributed by atoms with van der Waals surface area (Å²) in [7, 11) is 0. The van der Waals surface area contributed by atoms with Gasteiger partial charge < -0.3 is 15.0 Å². The van der Waals surface area contributed by atoms with Crippen molar-refractivity contribution in [2.75, 3.05) is 11.9 Å². The topological polar surface area (TPSA) is 65.4 Å². The first-order valence-corrected chi connectivity index (χ1v) is 11.7. The van der Waals surface area contributed by atoms with E-state index in [1.54, 1.807) is 11.8 Å². The van der Waals surface area contributed by atoms with Gasteiger partial charge in [-0.25, -0.2) is 0 Å². The van der Waals surface area contributed by atoms with Crippen LogP contribution in [0.5, 0.6) is 5.75 Å². The molecule has 2 aromatic carbocycles. The van der Waals surface area contributed by atoms with Gasteiger partial charge in [0, 0.05) is 11.7 Å². The SMILES string of the molecule is C[C@H]1CCCC[C@@H]1N1C(=O)/C(=C/c2ccc(OCC#N)cc2)SC1Nc1ccccc1. The van der Waals surface area contributed by atoms with Crippen molar-refractivity contribution in [1.29, 1.82) is 5.26 Å². The predicted molar refractivity (Wildman–Crippen MR) is 125 cm³/mol. The third-order valence-corrected chi connectivity index (χ3v) is 7.02. The number of hydrogen-bond acceptors (Lipinski definition) is 5. The van der Waals surface area contributed by atoms with Gasteiger partial charge in [-0.2, -0.15) is 5.26 Å². The highest BCUT2D eigenvalue weighted by molar-refractivity contribution is 8.05. The molecule has 160 valence electrons. The molecular weight excluding hydrogens is 406 g/mol. The minimum Gasteiger partial charge on any atom is -0.479 e. The van der Waals surface area contributed by atoms with Crippen LogP contribution in [0.3, 0.4) is 0 Å². The molecule has 31 heavy (non-hydrogen) atoms. The van der Waals surface area contributed by atoms with Crippen LogP contribution in [0.15, 0.2) is 59.5 Å². The normalized spacial score (nSPS) is 24.8. The maximum Gasteiger partial charge on any atom is 0.262 e. The van der Waals surface area contributed by atoms with Gasteiger partial charge in [-0.1, -0.05) is 61.9 Å². The number of thioether (sulfide) groups is 1. The predicted octanol–water partition coefficient (Wildman–Crippen LogP) is 5.48. The van der Waals surface area contributed by atoms with E-state index in [-0.39, 0.29) is 24.1 Å². The molecule has 1 heterocycles. The second-order valence-corrected chi connectivity index (χ2v) is 9.17. The van der Waals surface area contributed by atoms with E-state index in [4.69, 9.17) is 10.00 Å². The zero-order valence-corrected chi connectivity index (χ0v) is 18.5. The van der Waals surface area contributed by atoms with Gasteiger partial charge >= 0.3 is 0 Å². The Bertz CT molecular complexity index is 969. The maximum atomic E-state index is 13.5. The minimum absolute atomic E-state index is 0.0240. The summed E-state index contributed by atoms with van der Waals surface area (Å²) >= 11 is 1.58. The van der Waals surface area contributed by atoms with E-state index < -0.39 is 0 Å². The fourth-order valence-electron chi connectivity index (χ4n) is 4.29. The third kappa shape index (κ3) is 5.05. The van der Waals surface area contributed by atoms with Crippen LogP contribution in [0.25, 0.3) is 6.08 Å². The highest BCUT2D eigenvalue weighted by atomic mass is 32.2. The van der Waals surface area contributed by atoms with Crippen molar-refractivity contribution in [3.05, 3.63) is 65.1 Å². The molecule has 1 saturated heterocycles. The van der Waals surface area contributed by atoms with E-state index in [2.05, 4.69) is 17.1 Å². The molecule has 6 heteroatoms. The number of benzene rings is 2. The highest BCUT2D eigenvalue weighted by Crippen LogP contribution is 2.42. The molecule has 1 unspecified atom stereocenters. The van der Waals surface area contributed by atoms with E-state index >= 15 is 0 Å². The molecule has 2 aromatic rings. The van der Waals surface area contributed by atoms with Gasteiger partial charge in [0.05, 0.1) is 4.91 Å². The number of nitrogens with zero attached hydrogens (tertiary/aromatic N) is 2. The van der Waals surface area contributed by atoms with Crippen LogP contribution in [0.4, 0.5) is 5.69 Å². The van der Waals surface area contributed by atoms with Crippen molar-refractivity contribution in [2.24, 2.45) is 5.92 Å². The lowest BCUT2D eigenvalue weighted by Crippen LogP contribution is -2.48. The molecule has 0 radical (unpaired) electrons. The van der Waals surface area contributed by atoms with Crippen LogP contribution in [-0.4, -0.2) is 29.0 Å². The summed E-state index contributed by atoms with van der Waals surface area (Å²) < 4.78 is 5.32. The number of hydrogen-bond donors (Lipinski definition) is 1. The van der Waals surface area contributed by atoms with Gasteiger partial charge in [-0.3, -0.25) is 4.79 Å². The van der Waals surface area contributed by atoms with Crippen molar-refractivity contribution in [2.45, 2.75) is 44.1 Å². The van der Waals surface area contributed by atoms with Crippen molar-refractivity contribution in [3.63, 3.8) is 0 Å². The molecule has 1 aliphatic heterocycles. The van der Waals surface area contributed by atoms with E-state index in [1.165, 1.54) is 19.3 Å². The monoisotopic (exact) mass is 433 g/mol. The summed E-state index contributed by atoms with van der Waals surface area (Å²) in [5.41, 5.74) is 1.84. The van der Waals surface area contributed by atoms with Gasteiger partial charge in [-0.15, -0.1) is 0 Å². The Kier molecular flexibility index (Phi) is 6.83. The molecule has 2 fully saturated rings. The lowest BCUT2D eigenvalue weighted by molar-refractivity contribution is -0.129. The molecule has 2 aliphatic rings. The zero-order valence-electron chi connectivity index (χ0n) is 17.7. The zero-order chi connectivity index (χ0) is 21.6. The number of amides is 1. The van der Waals surface area contributed by atoms with Gasteiger partial charge in [-0.05, 0) is 54.7 Å². The second kappa shape index (κ2) is 9.93. The van der Waals surface area contributed by atoms with Gasteiger partial charge in [0.15, 0.2) is 12.1 Å². The number of para-hydroxylation sites is 1. The number of carbonyl (C=O) groups is 1. The fraction of sp³-hybridized carbons (Fsp3) is 0.360. The molecule has 4 rings (SSSR count). The molecule has 1 aliphatic carbocycles. The fourth-order valence-corrected chi connectivity index (χ4v) is 5.51. The lowest BCUT2D eigenvalue weighted by atomic mass is 9.85. The highest BCUT2D eigenvalue weighted by Gasteiger charge is 2.42. The molecule has 3 atom stereocenters. The van der Waals surface area contributed by atoms with Crippen molar-refractivity contribution < 1.29 is 9.53 Å². The summed E-state index contributed by atoms with van der Waals surface area (Å²) in [6.45, 7) is 2.29. The molecule has 0 aromatic heterocycles. The average molecular weight is 434 g/mol. The molecule has 5 nitrogen and oxygen atoms in total. The number of nitrogens with one attached hydrogen (secondary N) is 1. The number of ether oxygens (including phenoxy) is 1. The molecule has 0 bridgehead atoms. The number of nitriles is 1. The van der Waals surface area contributed by atoms with Crippen LogP contribution in [-0.2, 0) is 4.79 Å². The lowest BCUT2D eigenvalue weighted by Gasteiger charge is -2.39. The Morgan fingerprint density at radius 1 is 1.16 bits per heavy atom. The summed E-state index contributed by atoms with van der Waals surface area (Å²) in [5.74, 6) is 1.24. The third-order valence-electron chi connectivity index (χ3n) is 5.91. The van der Waals surface area contributed by atoms with Crippen molar-refractivity contribution >= 4 is 29.4 Å². The first kappa shape index (κ1) is 21.3. The first-order chi connectivity index (χ1) is 15.2. The summed E-state index contributed by atoms with van der Waals surface area (Å²) in [5, 5.41) is 12.2. The van der Waals surface area contributed by atoms with Gasteiger partial charge in [0.25, 0.3) is 5.91 Å². The summed E-state index contributed by atoms with van der Waals surface area (Å²) in [6, 6.07) is 19.8. The van der Waals surface area contributed by atoms with Crippen LogP contribution in [0.1, 0.15) is 38.2 Å². The molecule has 1 N–H and O–H groups in total. The standard InChI is InChI=1S/C25H27N3O2S/c1-18-7-5-6-10-22(18)28-24(29)23(31-25(28)27-20-8-3-2-4-9-20)17-19-11-13-21(14-12-19)30-16-15-26/h2-4,8-9,11-14,17-18,22,25,27H,5-7,10,16H2,1H3/b23-17-/t18-,22-,25?/m0/s1. The number of anilines is 1. The summed E-state index contributed by atoms with van der Waals surface area (Å²) in [4.78, 5) is 16.3. The van der Waals surface area contributed by atoms with Crippen LogP contribution in [0.2, 0.25) is 0 Å². The average Bonchev–Trinajstić information content (AvgIpc) is 3.09. The van der Waals surface area contributed by atoms with E-state index in [9.17, 15) is 4.79 Å². The van der Waals surface area contributed by atoms with Crippen LogP contribution < -0.4 is 10.1 Å². The van der Waals surface area contributed by atoms with Crippen molar-refractivity contribution in [1.82, 2.24) is 4.90 Å². The Labute approximate surface area is 188 Å². The van der Waals surface area contributed by atoms with Crippen molar-refractivity contribution in [3.8, 4) is 11.8 Å². The molecule has 1 amide bonds. The number of rotatable bonds is 6. The Balaban J connectivity index is 1.58. The maximum absolute atomic E-state index is 13.5. The van der Waals surface area contributed by atoms with Gasteiger partial charge in [0.1, 0.15) is 11.8 Å². The van der Waals surface area contributed by atoms with E-state index in [0.717, 1.165) is 22.6 Å². The Morgan fingerprint density at radius 3 is 2.61 bits per heavy atom. The molecular formula is C25H27N3O2S. The minimum atomic E-state index is -0.120. The number of carbonyl (C=O) groups excluding carboxylic acids is 1. The van der Waals surface area contributed by atoms with Gasteiger partial charge in [0.2, 0.25) is 0 Å². The van der Waals surface area contributed by atoms with E-state index in [1.807, 2.05) is 66.7 Å². The Morgan fingerprint density at radius 2 is 1.90 bits per heavy atom. The molecule has 1 saturated carbocycles. The smallest absolute Gasteiger partial charge is 0.262 e. The quantitative estimate of drug-likeness (QED) is 0.611. The first-order valence-electron chi connectivity index (χ1n) is 10.8. The Hall–Kier alpha value is -2.91. The largest absolute Gasteiger partial charge is 0.479 e. The summed E-state index contributed by atoms with van der Waals surface area (Å²) in [6.07, 6.45) is 6.59. The second-order valence-electron chi connectivity index (χ2n) is 8.05. The van der Waals surface area contributed by atoms with Crippen LogP contribution in [0, 0.1) is 17.2 Å². The van der Waals surface area contributed by atoms with Crippen LogP contribution >= 0.6 is 11.8 Å². The molecule has 0 spiro atoms.